The number of allylic oxidation sites excluding steroid dienone is 4. The Kier molecular flexibility index (Phi) is 9.80. The molecule has 0 aromatic rings. The molecule has 1 aliphatic carbocycles. The third kappa shape index (κ3) is 5.17. The summed E-state index contributed by atoms with van der Waals surface area (Å²) in [4.78, 5) is 0. The van der Waals surface area contributed by atoms with E-state index in [4.69, 9.17) is 8.44 Å². The second kappa shape index (κ2) is 10.4. The molecule has 1 aliphatic rings. The third-order valence-electron chi connectivity index (χ3n) is 3.03. The van der Waals surface area contributed by atoms with Crippen LogP contribution >= 0.6 is 0 Å². The van der Waals surface area contributed by atoms with Crippen LogP contribution in [0.15, 0.2) is 19.8 Å². The fraction of sp³-hybridized carbons (Fsp3) is 0.714. The zero-order chi connectivity index (χ0) is 14.8. The molecule has 0 atom stereocenters. The summed E-state index contributed by atoms with van der Waals surface area (Å²) in [5, 5.41) is 0. The van der Waals surface area contributed by atoms with Gasteiger partial charge in [0.2, 0.25) is 0 Å². The molecule has 0 N–H and O–H groups in total. The van der Waals surface area contributed by atoms with Gasteiger partial charge in [-0.2, -0.15) is 0 Å². The Morgan fingerprint density at radius 1 is 1.05 bits per heavy atom. The van der Waals surface area contributed by atoms with Gasteiger partial charge in [-0.25, -0.2) is 0 Å². The van der Waals surface area contributed by atoms with Crippen LogP contribution in [0.25, 0.3) is 0 Å². The summed E-state index contributed by atoms with van der Waals surface area (Å²) in [5.41, 5.74) is 0. The molecule has 20 heavy (non-hydrogen) atoms. The quantitative estimate of drug-likeness (QED) is 0.475. The predicted molar refractivity (Wildman–Crippen MR) is 79.2 cm³/mol. The van der Waals surface area contributed by atoms with Crippen LogP contribution in [0.1, 0.15) is 46.5 Å². The summed E-state index contributed by atoms with van der Waals surface area (Å²) < 4.78 is 33.7. The van der Waals surface area contributed by atoms with E-state index in [1.165, 1.54) is 0 Å². The molecular formula is C14H27FGeO3Zr. The van der Waals surface area contributed by atoms with E-state index in [0.717, 1.165) is 33.4 Å². The molecule has 0 spiro atoms. The second-order valence-corrected chi connectivity index (χ2v) is 13.4. The van der Waals surface area contributed by atoms with E-state index >= 15 is 0 Å². The van der Waals surface area contributed by atoms with E-state index < -0.39 is 37.5 Å². The first kappa shape index (κ1) is 18.8. The first-order valence-electron chi connectivity index (χ1n) is 7.60. The van der Waals surface area contributed by atoms with Gasteiger partial charge in [-0.3, -0.25) is 0 Å². The van der Waals surface area contributed by atoms with Crippen LogP contribution in [0.4, 0.5) is 3.50 Å². The Hall–Kier alpha value is 0.716. The SMILES string of the molecule is CCC[O][Zr]([O]CCC)([O]CCC)[C]1=[C]([GeH2][F])C=CC1. The van der Waals surface area contributed by atoms with Crippen LogP contribution in [-0.2, 0) is 30.0 Å². The number of halogens is 1. The van der Waals surface area contributed by atoms with E-state index in [-0.39, 0.29) is 0 Å². The maximum absolute atomic E-state index is 13.4. The van der Waals surface area contributed by atoms with Crippen molar-refractivity contribution < 1.29 is 33.5 Å². The van der Waals surface area contributed by atoms with Crippen molar-refractivity contribution in [2.75, 3.05) is 19.8 Å². The summed E-state index contributed by atoms with van der Waals surface area (Å²) in [5.74, 6) is 0. The van der Waals surface area contributed by atoms with Crippen molar-refractivity contribution in [3.63, 3.8) is 0 Å². The molecule has 6 heteroatoms. The summed E-state index contributed by atoms with van der Waals surface area (Å²) in [7, 11) is 0. The second-order valence-electron chi connectivity index (χ2n) is 4.85. The van der Waals surface area contributed by atoms with E-state index in [1.807, 2.05) is 12.2 Å². The van der Waals surface area contributed by atoms with Gasteiger partial charge in [0, 0.05) is 0 Å². The van der Waals surface area contributed by atoms with Gasteiger partial charge in [0.25, 0.3) is 0 Å². The van der Waals surface area contributed by atoms with E-state index in [9.17, 15) is 3.50 Å². The molecule has 0 heterocycles. The molecule has 0 bridgehead atoms. The van der Waals surface area contributed by atoms with Gasteiger partial charge in [0.05, 0.1) is 0 Å². The van der Waals surface area contributed by atoms with Crippen LogP contribution < -0.4 is 0 Å². The summed E-state index contributed by atoms with van der Waals surface area (Å²) >= 11 is -5.90. The molecule has 0 radical (unpaired) electrons. The topological polar surface area (TPSA) is 27.7 Å². The monoisotopic (exact) mass is 426 g/mol. The molecule has 0 aromatic carbocycles. The number of hydrogen-bond acceptors (Lipinski definition) is 3. The Balaban J connectivity index is 2.99. The average Bonchev–Trinajstić information content (AvgIpc) is 2.96. The van der Waals surface area contributed by atoms with E-state index in [2.05, 4.69) is 20.8 Å². The van der Waals surface area contributed by atoms with Crippen LogP contribution in [0.5, 0.6) is 0 Å². The van der Waals surface area contributed by atoms with Crippen LogP contribution in [0, 0.1) is 0 Å². The molecule has 1 rings (SSSR count). The fourth-order valence-corrected chi connectivity index (χ4v) is 14.3. The van der Waals surface area contributed by atoms with Crippen LogP contribution in [-0.4, -0.2) is 35.7 Å². The molecule has 0 saturated carbocycles. The molecule has 116 valence electrons. The molecule has 3 nitrogen and oxygen atoms in total. The Morgan fingerprint density at radius 3 is 1.95 bits per heavy atom. The number of hydrogen-bond donors (Lipinski definition) is 0. The molecule has 0 fully saturated rings. The maximum atomic E-state index is 13.4. The fourth-order valence-electron chi connectivity index (χ4n) is 2.09. The van der Waals surface area contributed by atoms with Gasteiger partial charge >= 0.3 is 136 Å². The van der Waals surface area contributed by atoms with Gasteiger partial charge in [-0.1, -0.05) is 0 Å². The van der Waals surface area contributed by atoms with Crippen LogP contribution in [0.3, 0.4) is 0 Å². The van der Waals surface area contributed by atoms with Crippen molar-refractivity contribution >= 4 is 15.9 Å². The standard InChI is InChI=1S/C5H6FGe.3C3H7O.Zr/c6-7-5-3-1-2-4-5;3*1-2-3-4;/h1,3H,2,7H2;3*2-3H2,1H3;/q;3*-1;+3. The Morgan fingerprint density at radius 2 is 1.55 bits per heavy atom. The van der Waals surface area contributed by atoms with Crippen molar-refractivity contribution in [2.45, 2.75) is 46.5 Å². The van der Waals surface area contributed by atoms with Crippen molar-refractivity contribution in [2.24, 2.45) is 0 Å². The van der Waals surface area contributed by atoms with E-state index in [1.54, 1.807) is 0 Å². The van der Waals surface area contributed by atoms with Crippen molar-refractivity contribution in [1.29, 1.82) is 0 Å². The zero-order valence-corrected chi connectivity index (χ0v) is 18.3. The van der Waals surface area contributed by atoms with Gasteiger partial charge in [-0.05, 0) is 0 Å². The van der Waals surface area contributed by atoms with Crippen LogP contribution in [0.2, 0.25) is 0 Å². The molecule has 0 saturated heterocycles. The predicted octanol–water partition coefficient (Wildman–Crippen LogP) is 3.39. The molecule has 0 unspecified atom stereocenters. The van der Waals surface area contributed by atoms with Gasteiger partial charge in [0.1, 0.15) is 0 Å². The minimum absolute atomic E-state index is 0.638. The average molecular weight is 426 g/mol. The number of rotatable bonds is 11. The van der Waals surface area contributed by atoms with Gasteiger partial charge in [-0.15, -0.1) is 0 Å². The molecular weight excluding hydrogens is 399 g/mol. The first-order chi connectivity index (χ1) is 9.74. The van der Waals surface area contributed by atoms with Gasteiger partial charge in [0.15, 0.2) is 0 Å². The molecule has 0 aromatic heterocycles. The van der Waals surface area contributed by atoms with Gasteiger partial charge < -0.3 is 0 Å². The van der Waals surface area contributed by atoms with Crippen molar-refractivity contribution in [3.05, 3.63) is 19.8 Å². The third-order valence-corrected chi connectivity index (χ3v) is 14.3. The van der Waals surface area contributed by atoms with Crippen molar-refractivity contribution in [1.82, 2.24) is 0 Å². The Labute approximate surface area is 135 Å². The zero-order valence-electron chi connectivity index (χ0n) is 12.9. The van der Waals surface area contributed by atoms with Crippen molar-refractivity contribution in [3.8, 4) is 0 Å². The molecule has 0 aliphatic heterocycles. The Bertz CT molecular complexity index is 326. The first-order valence-corrected chi connectivity index (χ1v) is 14.4. The summed E-state index contributed by atoms with van der Waals surface area (Å²) in [6.45, 7) is 8.14. The summed E-state index contributed by atoms with van der Waals surface area (Å²) in [6.07, 6.45) is 7.50. The summed E-state index contributed by atoms with van der Waals surface area (Å²) in [6, 6.07) is 0. The van der Waals surface area contributed by atoms with E-state index in [0.29, 0.717) is 19.8 Å². The normalized spacial score (nSPS) is 16.0. The molecule has 0 amide bonds. The minimum atomic E-state index is -3.76.